The lowest BCUT2D eigenvalue weighted by molar-refractivity contribution is -0.137. The van der Waals surface area contributed by atoms with Gasteiger partial charge in [-0.05, 0) is 39.2 Å². The van der Waals surface area contributed by atoms with Gasteiger partial charge in [-0.25, -0.2) is 0 Å². The number of aliphatic hydroxyl groups is 1. The van der Waals surface area contributed by atoms with E-state index in [4.69, 9.17) is 5.26 Å². The van der Waals surface area contributed by atoms with Crippen LogP contribution in [0.2, 0.25) is 0 Å². The lowest BCUT2D eigenvalue weighted by Crippen LogP contribution is -2.43. The fraction of sp³-hybridized carbons (Fsp3) is 0.500. The quantitative estimate of drug-likeness (QED) is 0.876. The van der Waals surface area contributed by atoms with Crippen LogP contribution in [0.25, 0.3) is 0 Å². The number of likely N-dealkylation sites (N-methyl/N-ethyl adjacent to an activating group) is 1. The summed E-state index contributed by atoms with van der Waals surface area (Å²) in [4.78, 5) is 1.80. The minimum atomic E-state index is -4.56. The van der Waals surface area contributed by atoms with Crippen molar-refractivity contribution >= 4 is 5.69 Å². The third-order valence-corrected chi connectivity index (χ3v) is 2.78. The van der Waals surface area contributed by atoms with Crippen molar-refractivity contribution in [1.82, 2.24) is 4.90 Å². The number of halogens is 3. The Labute approximate surface area is 121 Å². The van der Waals surface area contributed by atoms with Gasteiger partial charge in [0.2, 0.25) is 0 Å². The van der Waals surface area contributed by atoms with Crippen LogP contribution in [0.4, 0.5) is 18.9 Å². The summed E-state index contributed by atoms with van der Waals surface area (Å²) >= 11 is 0. The summed E-state index contributed by atoms with van der Waals surface area (Å²) in [6.07, 6.45) is -4.56. The van der Waals surface area contributed by atoms with E-state index in [0.717, 1.165) is 12.1 Å². The summed E-state index contributed by atoms with van der Waals surface area (Å²) in [6, 6.07) is 4.78. The Bertz CT molecular complexity index is 533. The first-order chi connectivity index (χ1) is 9.55. The second kappa shape index (κ2) is 6.33. The van der Waals surface area contributed by atoms with Crippen LogP contribution in [0.3, 0.4) is 0 Å². The van der Waals surface area contributed by atoms with E-state index in [2.05, 4.69) is 5.32 Å². The Hall–Kier alpha value is -1.78. The largest absolute Gasteiger partial charge is 0.417 e. The average Bonchev–Trinajstić information content (AvgIpc) is 2.33. The van der Waals surface area contributed by atoms with Crippen LogP contribution in [0.1, 0.15) is 18.1 Å². The summed E-state index contributed by atoms with van der Waals surface area (Å²) in [6.45, 7) is 2.17. The summed E-state index contributed by atoms with van der Waals surface area (Å²) in [5.41, 5.74) is -2.09. The monoisotopic (exact) mass is 301 g/mol. The average molecular weight is 301 g/mol. The van der Waals surface area contributed by atoms with Gasteiger partial charge in [0.1, 0.15) is 0 Å². The predicted octanol–water partition coefficient (Wildman–Crippen LogP) is 2.30. The van der Waals surface area contributed by atoms with Crippen molar-refractivity contribution in [3.05, 3.63) is 29.3 Å². The number of alkyl halides is 3. The van der Waals surface area contributed by atoms with E-state index < -0.39 is 22.9 Å². The molecule has 1 aromatic rings. The van der Waals surface area contributed by atoms with E-state index in [0.29, 0.717) is 12.2 Å². The SMILES string of the molecule is CN(C)C[C@@](C)(O)CNc1ccc(C(F)(F)F)c(C#N)c1. The fourth-order valence-corrected chi connectivity index (χ4v) is 2.02. The van der Waals surface area contributed by atoms with E-state index in [1.807, 2.05) is 0 Å². The summed E-state index contributed by atoms with van der Waals surface area (Å²) in [5.74, 6) is 0. The van der Waals surface area contributed by atoms with Crippen LogP contribution < -0.4 is 5.32 Å². The molecule has 0 saturated carbocycles. The van der Waals surface area contributed by atoms with Gasteiger partial charge in [0.25, 0.3) is 0 Å². The van der Waals surface area contributed by atoms with Crippen molar-refractivity contribution in [3.8, 4) is 6.07 Å². The number of hydrogen-bond donors (Lipinski definition) is 2. The molecule has 0 unspecified atom stereocenters. The summed E-state index contributed by atoms with van der Waals surface area (Å²) in [5, 5.41) is 21.8. The zero-order valence-electron chi connectivity index (χ0n) is 12.1. The Morgan fingerprint density at radius 2 is 1.95 bits per heavy atom. The van der Waals surface area contributed by atoms with Crippen molar-refractivity contribution in [1.29, 1.82) is 5.26 Å². The van der Waals surface area contributed by atoms with E-state index in [9.17, 15) is 18.3 Å². The van der Waals surface area contributed by atoms with Gasteiger partial charge in [-0.3, -0.25) is 0 Å². The molecule has 4 nitrogen and oxygen atoms in total. The molecule has 0 aliphatic carbocycles. The standard InChI is InChI=1S/C14H18F3N3O/c1-13(21,9-20(2)3)8-19-11-4-5-12(14(15,16)17)10(6-11)7-18/h4-6,19,21H,8-9H2,1-3H3/t13-/m0/s1. The molecule has 1 atom stereocenters. The number of rotatable bonds is 5. The molecule has 0 radical (unpaired) electrons. The van der Waals surface area contributed by atoms with Gasteiger partial charge in [0.05, 0.1) is 22.8 Å². The highest BCUT2D eigenvalue weighted by Gasteiger charge is 2.33. The van der Waals surface area contributed by atoms with E-state index in [1.54, 1.807) is 32.0 Å². The van der Waals surface area contributed by atoms with E-state index in [1.165, 1.54) is 6.07 Å². The van der Waals surface area contributed by atoms with Crippen LogP contribution in [0, 0.1) is 11.3 Å². The predicted molar refractivity (Wildman–Crippen MR) is 73.8 cm³/mol. The highest BCUT2D eigenvalue weighted by atomic mass is 19.4. The van der Waals surface area contributed by atoms with Gasteiger partial charge < -0.3 is 15.3 Å². The van der Waals surface area contributed by atoms with Crippen molar-refractivity contribution in [2.45, 2.75) is 18.7 Å². The molecule has 0 amide bonds. The van der Waals surface area contributed by atoms with Crippen molar-refractivity contribution in [3.63, 3.8) is 0 Å². The van der Waals surface area contributed by atoms with Crippen LogP contribution in [0.5, 0.6) is 0 Å². The first kappa shape index (κ1) is 17.3. The number of hydrogen-bond acceptors (Lipinski definition) is 4. The minimum absolute atomic E-state index is 0.154. The lowest BCUT2D eigenvalue weighted by Gasteiger charge is -2.27. The first-order valence-electron chi connectivity index (χ1n) is 6.27. The highest BCUT2D eigenvalue weighted by Crippen LogP contribution is 2.33. The maximum absolute atomic E-state index is 12.7. The summed E-state index contributed by atoms with van der Waals surface area (Å²) in [7, 11) is 3.61. The van der Waals surface area contributed by atoms with Gasteiger partial charge >= 0.3 is 6.18 Å². The molecule has 0 aliphatic heterocycles. The molecule has 7 heteroatoms. The van der Waals surface area contributed by atoms with Gasteiger partial charge in [-0.15, -0.1) is 0 Å². The third-order valence-electron chi connectivity index (χ3n) is 2.78. The lowest BCUT2D eigenvalue weighted by atomic mass is 10.0. The molecule has 0 heterocycles. The molecule has 1 aromatic carbocycles. The van der Waals surface area contributed by atoms with Crippen LogP contribution in [-0.2, 0) is 6.18 Å². The number of nitrogens with one attached hydrogen (secondary N) is 1. The molecule has 1 rings (SSSR count). The minimum Gasteiger partial charge on any atom is -0.387 e. The second-order valence-electron chi connectivity index (χ2n) is 5.46. The normalized spacial score (nSPS) is 14.6. The Kier molecular flexibility index (Phi) is 5.20. The van der Waals surface area contributed by atoms with Gasteiger partial charge in [-0.1, -0.05) is 0 Å². The van der Waals surface area contributed by atoms with E-state index in [-0.39, 0.29) is 6.54 Å². The molecule has 0 spiro atoms. The maximum Gasteiger partial charge on any atom is 0.417 e. The highest BCUT2D eigenvalue weighted by molar-refractivity contribution is 5.53. The Balaban J connectivity index is 2.86. The molecule has 0 bridgehead atoms. The number of anilines is 1. The van der Waals surface area contributed by atoms with Crippen molar-refractivity contribution in [2.24, 2.45) is 0 Å². The molecule has 0 fully saturated rings. The third kappa shape index (κ3) is 5.25. The Morgan fingerprint density at radius 3 is 2.43 bits per heavy atom. The number of nitriles is 1. The maximum atomic E-state index is 12.7. The molecule has 0 saturated heterocycles. The van der Waals surface area contributed by atoms with Gasteiger partial charge in [0.15, 0.2) is 0 Å². The zero-order valence-corrected chi connectivity index (χ0v) is 12.1. The van der Waals surface area contributed by atoms with Crippen LogP contribution in [-0.4, -0.2) is 42.8 Å². The van der Waals surface area contributed by atoms with Gasteiger partial charge in [0, 0.05) is 18.8 Å². The summed E-state index contributed by atoms with van der Waals surface area (Å²) < 4.78 is 38.0. The second-order valence-corrected chi connectivity index (χ2v) is 5.46. The molecule has 2 N–H and O–H groups in total. The van der Waals surface area contributed by atoms with Gasteiger partial charge in [-0.2, -0.15) is 18.4 Å². The zero-order chi connectivity index (χ0) is 16.3. The molecule has 0 aliphatic rings. The fourth-order valence-electron chi connectivity index (χ4n) is 2.02. The molecule has 0 aromatic heterocycles. The topological polar surface area (TPSA) is 59.3 Å². The smallest absolute Gasteiger partial charge is 0.387 e. The van der Waals surface area contributed by atoms with Crippen LogP contribution >= 0.6 is 0 Å². The Morgan fingerprint density at radius 1 is 1.33 bits per heavy atom. The molecule has 21 heavy (non-hydrogen) atoms. The van der Waals surface area contributed by atoms with Crippen LogP contribution in [0.15, 0.2) is 18.2 Å². The first-order valence-corrected chi connectivity index (χ1v) is 6.27. The van der Waals surface area contributed by atoms with Crippen molar-refractivity contribution in [2.75, 3.05) is 32.5 Å². The number of nitrogens with zero attached hydrogens (tertiary/aromatic N) is 2. The molecular weight excluding hydrogens is 283 g/mol. The van der Waals surface area contributed by atoms with Crippen molar-refractivity contribution < 1.29 is 18.3 Å². The number of benzene rings is 1. The molecular formula is C14H18F3N3O. The molecule has 116 valence electrons. The van der Waals surface area contributed by atoms with E-state index >= 15 is 0 Å².